The molecule has 3 aromatic rings. The molecule has 0 aliphatic rings. The minimum Gasteiger partial charge on any atom is -0.466 e. The highest BCUT2D eigenvalue weighted by molar-refractivity contribution is 6.02. The average molecular weight is 378 g/mol. The molecule has 1 N–H and O–H groups in total. The molecule has 1 amide bonds. The number of pyridine rings is 1. The van der Waals surface area contributed by atoms with Crippen molar-refractivity contribution in [2.75, 3.05) is 11.9 Å². The number of esters is 1. The summed E-state index contributed by atoms with van der Waals surface area (Å²) in [5.41, 5.74) is 3.60. The van der Waals surface area contributed by atoms with Gasteiger partial charge in [-0.15, -0.1) is 0 Å². The number of nitrogens with one attached hydrogen (secondary N) is 1. The predicted molar refractivity (Wildman–Crippen MR) is 105 cm³/mol. The van der Waals surface area contributed by atoms with Crippen LogP contribution in [0.3, 0.4) is 0 Å². The number of carbonyl (C=O) groups excluding carboxylic acids is 2. The third kappa shape index (κ3) is 5.01. The summed E-state index contributed by atoms with van der Waals surface area (Å²) in [6, 6.07) is 18.9. The van der Waals surface area contributed by atoms with E-state index < -0.39 is 11.9 Å². The highest BCUT2D eigenvalue weighted by atomic mass is 19.1. The molecule has 0 atom stereocenters. The minimum atomic E-state index is -0.565. The summed E-state index contributed by atoms with van der Waals surface area (Å²) in [6.45, 7) is 1.92. The van der Waals surface area contributed by atoms with Crippen molar-refractivity contribution in [1.29, 1.82) is 0 Å². The van der Waals surface area contributed by atoms with Gasteiger partial charge in [0.15, 0.2) is 0 Å². The van der Waals surface area contributed by atoms with Gasteiger partial charge in [-0.25, -0.2) is 9.37 Å². The van der Waals surface area contributed by atoms with Gasteiger partial charge in [-0.05, 0) is 55.5 Å². The molecule has 1 aromatic heterocycles. The van der Waals surface area contributed by atoms with Crippen molar-refractivity contribution < 1.29 is 18.7 Å². The number of ether oxygens (including phenoxy) is 1. The summed E-state index contributed by atoms with van der Waals surface area (Å²) in [5.74, 6) is -1.31. The smallest absolute Gasteiger partial charge is 0.315 e. The van der Waals surface area contributed by atoms with Crippen LogP contribution < -0.4 is 5.32 Å². The molecule has 5 nitrogen and oxygen atoms in total. The van der Waals surface area contributed by atoms with Gasteiger partial charge >= 0.3 is 5.97 Å². The van der Waals surface area contributed by atoms with Crippen molar-refractivity contribution in [2.24, 2.45) is 0 Å². The van der Waals surface area contributed by atoms with Gasteiger partial charge < -0.3 is 10.1 Å². The van der Waals surface area contributed by atoms with Crippen LogP contribution in [0.2, 0.25) is 0 Å². The lowest BCUT2D eigenvalue weighted by atomic mass is 10.1. The van der Waals surface area contributed by atoms with Crippen LogP contribution in [0.5, 0.6) is 0 Å². The third-order valence-electron chi connectivity index (χ3n) is 3.94. The zero-order valence-electron chi connectivity index (χ0n) is 15.3. The topological polar surface area (TPSA) is 68.3 Å². The Hall–Kier alpha value is -3.54. The first-order valence-electron chi connectivity index (χ1n) is 8.84. The van der Waals surface area contributed by atoms with E-state index in [4.69, 9.17) is 4.74 Å². The van der Waals surface area contributed by atoms with Crippen LogP contribution in [0.25, 0.3) is 22.5 Å². The molecule has 142 valence electrons. The largest absolute Gasteiger partial charge is 0.466 e. The molecule has 0 aliphatic heterocycles. The number of nitrogens with zero attached hydrogens (tertiary/aromatic N) is 1. The quantitative estimate of drug-likeness (QED) is 0.508. The van der Waals surface area contributed by atoms with Gasteiger partial charge in [0.1, 0.15) is 12.2 Å². The van der Waals surface area contributed by atoms with Crippen LogP contribution in [0, 0.1) is 5.82 Å². The van der Waals surface area contributed by atoms with Crippen molar-refractivity contribution in [1.82, 2.24) is 4.98 Å². The second kappa shape index (κ2) is 8.90. The minimum absolute atomic E-state index is 0.234. The number of rotatable bonds is 6. The molecule has 2 aromatic carbocycles. The van der Waals surface area contributed by atoms with Gasteiger partial charge in [0, 0.05) is 16.8 Å². The number of hydrogen-bond acceptors (Lipinski definition) is 4. The van der Waals surface area contributed by atoms with E-state index in [2.05, 4.69) is 10.3 Å². The molecule has 0 fully saturated rings. The van der Waals surface area contributed by atoms with Gasteiger partial charge in [0.05, 0.1) is 18.0 Å². The lowest BCUT2D eigenvalue weighted by Crippen LogP contribution is -2.18. The van der Waals surface area contributed by atoms with E-state index in [0.717, 1.165) is 11.1 Å². The summed E-state index contributed by atoms with van der Waals surface area (Å²) in [5, 5.41) is 2.68. The van der Waals surface area contributed by atoms with E-state index in [9.17, 15) is 14.0 Å². The van der Waals surface area contributed by atoms with Gasteiger partial charge in [0.2, 0.25) is 5.91 Å². The monoisotopic (exact) mass is 378 g/mol. The Bertz CT molecular complexity index is 987. The van der Waals surface area contributed by atoms with Crippen LogP contribution in [-0.2, 0) is 14.3 Å². The summed E-state index contributed by atoms with van der Waals surface area (Å²) in [4.78, 5) is 28.0. The molecule has 0 saturated carbocycles. The second-order valence-corrected chi connectivity index (χ2v) is 6.03. The number of carbonyl (C=O) groups is 2. The SMILES string of the molecule is CCOC(=O)CC(=O)Nc1cccc(-c2cccc(-c3ccc(F)cc3)n2)c1. The summed E-state index contributed by atoms with van der Waals surface area (Å²) in [7, 11) is 0. The summed E-state index contributed by atoms with van der Waals surface area (Å²) in [6.07, 6.45) is -0.337. The number of benzene rings is 2. The summed E-state index contributed by atoms with van der Waals surface area (Å²) < 4.78 is 17.9. The number of hydrogen-bond donors (Lipinski definition) is 1. The second-order valence-electron chi connectivity index (χ2n) is 6.03. The first-order chi connectivity index (χ1) is 13.5. The number of anilines is 1. The highest BCUT2D eigenvalue weighted by Gasteiger charge is 2.11. The van der Waals surface area contributed by atoms with E-state index in [1.54, 1.807) is 37.3 Å². The molecule has 0 unspecified atom stereocenters. The lowest BCUT2D eigenvalue weighted by Gasteiger charge is -2.09. The van der Waals surface area contributed by atoms with Crippen molar-refractivity contribution in [2.45, 2.75) is 13.3 Å². The standard InChI is InChI=1S/C22H19FN2O3/c1-2-28-22(27)14-21(26)24-18-6-3-5-16(13-18)20-8-4-7-19(25-20)15-9-11-17(23)12-10-15/h3-13H,2,14H2,1H3,(H,24,26). The molecule has 0 radical (unpaired) electrons. The van der Waals surface area contributed by atoms with E-state index in [1.807, 2.05) is 24.3 Å². The van der Waals surface area contributed by atoms with E-state index >= 15 is 0 Å². The number of halogens is 1. The Morgan fingerprint density at radius 3 is 2.36 bits per heavy atom. The molecule has 0 bridgehead atoms. The Balaban J connectivity index is 1.78. The van der Waals surface area contributed by atoms with Crippen LogP contribution in [0.1, 0.15) is 13.3 Å². The molecular formula is C22H19FN2O3. The molecular weight excluding hydrogens is 359 g/mol. The third-order valence-corrected chi connectivity index (χ3v) is 3.94. The zero-order valence-corrected chi connectivity index (χ0v) is 15.3. The van der Waals surface area contributed by atoms with Crippen molar-refractivity contribution in [3.63, 3.8) is 0 Å². The Morgan fingerprint density at radius 2 is 1.64 bits per heavy atom. The maximum absolute atomic E-state index is 13.1. The summed E-state index contributed by atoms with van der Waals surface area (Å²) >= 11 is 0. The molecule has 28 heavy (non-hydrogen) atoms. The van der Waals surface area contributed by atoms with E-state index in [1.165, 1.54) is 12.1 Å². The molecule has 0 aliphatic carbocycles. The average Bonchev–Trinajstić information content (AvgIpc) is 2.69. The predicted octanol–water partition coefficient (Wildman–Crippen LogP) is 4.45. The van der Waals surface area contributed by atoms with E-state index in [0.29, 0.717) is 17.1 Å². The molecule has 1 heterocycles. The first-order valence-corrected chi connectivity index (χ1v) is 8.84. The normalized spacial score (nSPS) is 10.4. The van der Waals surface area contributed by atoms with Crippen molar-refractivity contribution >= 4 is 17.6 Å². The van der Waals surface area contributed by atoms with Gasteiger partial charge in [0.25, 0.3) is 0 Å². The van der Waals surface area contributed by atoms with Crippen LogP contribution in [0.15, 0.2) is 66.7 Å². The molecule has 6 heteroatoms. The van der Waals surface area contributed by atoms with Crippen LogP contribution in [-0.4, -0.2) is 23.5 Å². The fourth-order valence-corrected chi connectivity index (χ4v) is 2.68. The van der Waals surface area contributed by atoms with Crippen molar-refractivity contribution in [3.05, 3.63) is 72.5 Å². The molecule has 0 saturated heterocycles. The maximum atomic E-state index is 13.1. The van der Waals surface area contributed by atoms with Gasteiger partial charge in [-0.1, -0.05) is 18.2 Å². The molecule has 3 rings (SSSR count). The fraction of sp³-hybridized carbons (Fsp3) is 0.136. The lowest BCUT2D eigenvalue weighted by molar-refractivity contribution is -0.145. The van der Waals surface area contributed by atoms with E-state index in [-0.39, 0.29) is 18.8 Å². The van der Waals surface area contributed by atoms with Crippen LogP contribution in [0.4, 0.5) is 10.1 Å². The zero-order chi connectivity index (χ0) is 19.9. The highest BCUT2D eigenvalue weighted by Crippen LogP contribution is 2.25. The van der Waals surface area contributed by atoms with Crippen LogP contribution >= 0.6 is 0 Å². The van der Waals surface area contributed by atoms with Gasteiger partial charge in [-0.3, -0.25) is 9.59 Å². The molecule has 0 spiro atoms. The Kier molecular flexibility index (Phi) is 6.11. The Morgan fingerprint density at radius 1 is 0.964 bits per heavy atom. The first kappa shape index (κ1) is 19.2. The van der Waals surface area contributed by atoms with Gasteiger partial charge in [-0.2, -0.15) is 0 Å². The number of amides is 1. The number of aromatic nitrogens is 1. The van der Waals surface area contributed by atoms with Crippen molar-refractivity contribution in [3.8, 4) is 22.5 Å². The fourth-order valence-electron chi connectivity index (χ4n) is 2.68. The Labute approximate surface area is 162 Å². The maximum Gasteiger partial charge on any atom is 0.315 e.